The van der Waals surface area contributed by atoms with Crippen molar-refractivity contribution in [2.75, 3.05) is 12.3 Å². The SMILES string of the molecule is CC(N)=O.CCCCCOC(=O)c1ccc(N)cc1. The van der Waals surface area contributed by atoms with Gasteiger partial charge in [-0.3, -0.25) is 4.79 Å². The zero-order valence-corrected chi connectivity index (χ0v) is 11.5. The van der Waals surface area contributed by atoms with Crippen LogP contribution in [0.1, 0.15) is 43.5 Å². The van der Waals surface area contributed by atoms with E-state index in [-0.39, 0.29) is 11.9 Å². The van der Waals surface area contributed by atoms with Gasteiger partial charge in [-0.15, -0.1) is 0 Å². The number of carbonyl (C=O) groups excluding carboxylic acids is 2. The van der Waals surface area contributed by atoms with E-state index < -0.39 is 0 Å². The normalized spacial score (nSPS) is 9.16. The number of hydrogen-bond acceptors (Lipinski definition) is 4. The van der Waals surface area contributed by atoms with Crippen molar-refractivity contribution in [2.45, 2.75) is 33.1 Å². The van der Waals surface area contributed by atoms with Crippen molar-refractivity contribution in [3.63, 3.8) is 0 Å². The first-order valence-corrected chi connectivity index (χ1v) is 6.26. The smallest absolute Gasteiger partial charge is 0.338 e. The maximum atomic E-state index is 11.5. The molecule has 1 amide bonds. The fourth-order valence-electron chi connectivity index (χ4n) is 1.22. The average molecular weight is 266 g/mol. The predicted molar refractivity (Wildman–Crippen MR) is 75.5 cm³/mol. The standard InChI is InChI=1S/C12H17NO2.C2H5NO/c1-2-3-4-9-15-12(14)10-5-7-11(13)8-6-10;1-2(3)4/h5-8H,2-4,9,13H2,1H3;1H3,(H2,3,4). The van der Waals surface area contributed by atoms with Crippen LogP contribution in [0.2, 0.25) is 0 Å². The Balaban J connectivity index is 0.000000711. The molecule has 1 aromatic carbocycles. The first-order chi connectivity index (χ1) is 8.97. The number of anilines is 1. The van der Waals surface area contributed by atoms with Gasteiger partial charge < -0.3 is 16.2 Å². The molecule has 0 radical (unpaired) electrons. The lowest BCUT2D eigenvalue weighted by Crippen LogP contribution is -2.06. The number of primary amides is 1. The second-order valence-electron chi connectivity index (χ2n) is 4.08. The number of hydrogen-bond donors (Lipinski definition) is 2. The van der Waals surface area contributed by atoms with Crippen LogP contribution in [0.4, 0.5) is 5.69 Å². The third-order valence-corrected chi connectivity index (χ3v) is 2.13. The van der Waals surface area contributed by atoms with Crippen LogP contribution in [0.25, 0.3) is 0 Å². The fraction of sp³-hybridized carbons (Fsp3) is 0.429. The van der Waals surface area contributed by atoms with E-state index in [2.05, 4.69) is 12.7 Å². The van der Waals surface area contributed by atoms with Crippen molar-refractivity contribution in [1.82, 2.24) is 0 Å². The summed E-state index contributed by atoms with van der Waals surface area (Å²) in [5, 5.41) is 0. The van der Waals surface area contributed by atoms with Gasteiger partial charge in [-0.1, -0.05) is 19.8 Å². The first kappa shape index (κ1) is 17.0. The molecule has 4 N–H and O–H groups in total. The van der Waals surface area contributed by atoms with E-state index in [1.165, 1.54) is 6.92 Å². The number of unbranched alkanes of at least 4 members (excludes halogenated alkanes) is 2. The molecule has 1 aromatic rings. The van der Waals surface area contributed by atoms with Crippen LogP contribution in [0.3, 0.4) is 0 Å². The number of esters is 1. The maximum absolute atomic E-state index is 11.5. The van der Waals surface area contributed by atoms with Crippen molar-refractivity contribution < 1.29 is 14.3 Å². The zero-order valence-electron chi connectivity index (χ0n) is 11.5. The van der Waals surface area contributed by atoms with Crippen LogP contribution < -0.4 is 11.5 Å². The number of benzene rings is 1. The Morgan fingerprint density at radius 1 is 1.16 bits per heavy atom. The molecule has 5 heteroatoms. The van der Waals surface area contributed by atoms with Gasteiger partial charge in [0, 0.05) is 12.6 Å². The Hall–Kier alpha value is -2.04. The predicted octanol–water partition coefficient (Wildman–Crippen LogP) is 2.11. The minimum Gasteiger partial charge on any atom is -0.462 e. The molecule has 0 atom stereocenters. The largest absolute Gasteiger partial charge is 0.462 e. The monoisotopic (exact) mass is 266 g/mol. The molecule has 19 heavy (non-hydrogen) atoms. The number of carbonyl (C=O) groups is 2. The molecular formula is C14H22N2O3. The summed E-state index contributed by atoms with van der Waals surface area (Å²) in [7, 11) is 0. The lowest BCUT2D eigenvalue weighted by Gasteiger charge is -2.04. The van der Waals surface area contributed by atoms with E-state index in [4.69, 9.17) is 10.5 Å². The van der Waals surface area contributed by atoms with Gasteiger partial charge in [0.25, 0.3) is 0 Å². The fourth-order valence-corrected chi connectivity index (χ4v) is 1.22. The molecule has 0 saturated heterocycles. The van der Waals surface area contributed by atoms with Gasteiger partial charge in [-0.2, -0.15) is 0 Å². The summed E-state index contributed by atoms with van der Waals surface area (Å²) in [6, 6.07) is 6.75. The Labute approximate surface area is 113 Å². The molecule has 0 aliphatic heterocycles. The highest BCUT2D eigenvalue weighted by Crippen LogP contribution is 2.07. The van der Waals surface area contributed by atoms with Gasteiger partial charge in [0.2, 0.25) is 5.91 Å². The molecule has 0 unspecified atom stereocenters. The third-order valence-electron chi connectivity index (χ3n) is 2.13. The molecule has 0 heterocycles. The summed E-state index contributed by atoms with van der Waals surface area (Å²) >= 11 is 0. The number of nitrogen functional groups attached to an aromatic ring is 1. The van der Waals surface area contributed by atoms with E-state index >= 15 is 0 Å². The van der Waals surface area contributed by atoms with E-state index in [0.717, 1.165) is 19.3 Å². The van der Waals surface area contributed by atoms with E-state index in [0.29, 0.717) is 17.9 Å². The van der Waals surface area contributed by atoms with Crippen LogP contribution in [0.15, 0.2) is 24.3 Å². The van der Waals surface area contributed by atoms with Gasteiger partial charge in [-0.25, -0.2) is 4.79 Å². The van der Waals surface area contributed by atoms with Crippen LogP contribution >= 0.6 is 0 Å². The van der Waals surface area contributed by atoms with E-state index in [1.54, 1.807) is 24.3 Å². The highest BCUT2D eigenvalue weighted by Gasteiger charge is 2.05. The second kappa shape index (κ2) is 9.94. The number of ether oxygens (including phenoxy) is 1. The van der Waals surface area contributed by atoms with Gasteiger partial charge in [0.05, 0.1) is 12.2 Å². The van der Waals surface area contributed by atoms with Crippen molar-refractivity contribution in [1.29, 1.82) is 0 Å². The lowest BCUT2D eigenvalue weighted by molar-refractivity contribution is -0.115. The topological polar surface area (TPSA) is 95.4 Å². The third kappa shape index (κ3) is 9.64. The second-order valence-corrected chi connectivity index (χ2v) is 4.08. The number of amides is 1. The van der Waals surface area contributed by atoms with Crippen LogP contribution in [-0.2, 0) is 9.53 Å². The molecule has 1 rings (SSSR count). The van der Waals surface area contributed by atoms with Crippen molar-refractivity contribution in [3.8, 4) is 0 Å². The highest BCUT2D eigenvalue weighted by molar-refractivity contribution is 5.89. The average Bonchev–Trinajstić information content (AvgIpc) is 2.34. The van der Waals surface area contributed by atoms with Gasteiger partial charge in [0.1, 0.15) is 0 Å². The maximum Gasteiger partial charge on any atom is 0.338 e. The number of nitrogens with two attached hydrogens (primary N) is 2. The highest BCUT2D eigenvalue weighted by atomic mass is 16.5. The summed E-state index contributed by atoms with van der Waals surface area (Å²) < 4.78 is 5.09. The molecule has 106 valence electrons. The van der Waals surface area contributed by atoms with Crippen LogP contribution in [0, 0.1) is 0 Å². The number of rotatable bonds is 5. The zero-order chi connectivity index (χ0) is 14.7. The van der Waals surface area contributed by atoms with Gasteiger partial charge in [-0.05, 0) is 30.7 Å². The molecule has 0 aliphatic carbocycles. The van der Waals surface area contributed by atoms with Crippen LogP contribution in [0.5, 0.6) is 0 Å². The molecule has 5 nitrogen and oxygen atoms in total. The Morgan fingerprint density at radius 3 is 2.16 bits per heavy atom. The summed E-state index contributed by atoms with van der Waals surface area (Å²) in [6.45, 7) is 3.92. The summed E-state index contributed by atoms with van der Waals surface area (Å²) in [4.78, 5) is 20.7. The molecule has 0 bridgehead atoms. The molecule has 0 aliphatic rings. The first-order valence-electron chi connectivity index (χ1n) is 6.26. The van der Waals surface area contributed by atoms with E-state index in [1.807, 2.05) is 0 Å². The van der Waals surface area contributed by atoms with Crippen molar-refractivity contribution in [2.24, 2.45) is 5.73 Å². The minimum absolute atomic E-state index is 0.272. The molecular weight excluding hydrogens is 244 g/mol. The summed E-state index contributed by atoms with van der Waals surface area (Å²) in [6.07, 6.45) is 3.14. The van der Waals surface area contributed by atoms with Gasteiger partial charge >= 0.3 is 5.97 Å². The minimum atomic E-state index is -0.333. The lowest BCUT2D eigenvalue weighted by atomic mass is 10.2. The molecule has 0 saturated carbocycles. The Kier molecular flexibility index (Phi) is 8.87. The van der Waals surface area contributed by atoms with E-state index in [9.17, 15) is 9.59 Å². The van der Waals surface area contributed by atoms with Crippen molar-refractivity contribution in [3.05, 3.63) is 29.8 Å². The Bertz CT molecular complexity index is 384. The molecule has 0 spiro atoms. The summed E-state index contributed by atoms with van der Waals surface area (Å²) in [5.74, 6) is -0.605. The molecule has 0 fully saturated rings. The Morgan fingerprint density at radius 2 is 1.68 bits per heavy atom. The molecule has 0 aromatic heterocycles. The van der Waals surface area contributed by atoms with Crippen molar-refractivity contribution >= 4 is 17.6 Å². The van der Waals surface area contributed by atoms with Gasteiger partial charge in [0.15, 0.2) is 0 Å². The van der Waals surface area contributed by atoms with Crippen LogP contribution in [-0.4, -0.2) is 18.5 Å². The summed E-state index contributed by atoms with van der Waals surface area (Å²) in [5.41, 5.74) is 11.2. The quantitative estimate of drug-likeness (QED) is 0.484.